The van der Waals surface area contributed by atoms with E-state index in [1.54, 1.807) is 0 Å². The van der Waals surface area contributed by atoms with Crippen LogP contribution in [0, 0.1) is 6.90 Å². The standard InChI is InChI=1S/C7H11N3O/c1-5-9-7(11-10-5)6-2-3-8-4-6/h6,8H,2-4H2,1H3/t6-/m1/s1/i1D. The van der Waals surface area contributed by atoms with E-state index in [2.05, 4.69) is 15.5 Å². The molecule has 2 rings (SSSR count). The fraction of sp³-hybridized carbons (Fsp3) is 0.714. The molecule has 1 aliphatic rings. The number of rotatable bonds is 1. The minimum atomic E-state index is 0.101. The highest BCUT2D eigenvalue weighted by molar-refractivity contribution is 4.96. The first-order chi connectivity index (χ1) is 5.90. The van der Waals surface area contributed by atoms with Gasteiger partial charge in [0, 0.05) is 7.92 Å². The maximum atomic E-state index is 7.03. The van der Waals surface area contributed by atoms with Crippen LogP contribution in [0.5, 0.6) is 0 Å². The Morgan fingerprint density at radius 2 is 2.82 bits per heavy atom. The third-order valence-corrected chi connectivity index (χ3v) is 1.89. The van der Waals surface area contributed by atoms with Crippen LogP contribution in [-0.2, 0) is 0 Å². The molecular weight excluding hydrogens is 142 g/mol. The molecule has 0 aliphatic carbocycles. The monoisotopic (exact) mass is 154 g/mol. The van der Waals surface area contributed by atoms with E-state index >= 15 is 0 Å². The average molecular weight is 154 g/mol. The van der Waals surface area contributed by atoms with Crippen LogP contribution >= 0.6 is 0 Å². The van der Waals surface area contributed by atoms with Gasteiger partial charge in [-0.1, -0.05) is 5.16 Å². The summed E-state index contributed by atoms with van der Waals surface area (Å²) in [5, 5.41) is 6.90. The van der Waals surface area contributed by atoms with Gasteiger partial charge in [-0.15, -0.1) is 0 Å². The minimum Gasteiger partial charge on any atom is -0.339 e. The second-order valence-corrected chi connectivity index (χ2v) is 2.74. The van der Waals surface area contributed by atoms with Crippen LogP contribution in [0.3, 0.4) is 0 Å². The van der Waals surface area contributed by atoms with Crippen LogP contribution in [0.2, 0.25) is 0 Å². The Kier molecular flexibility index (Phi) is 1.36. The lowest BCUT2D eigenvalue weighted by Gasteiger charge is -1.97. The van der Waals surface area contributed by atoms with Crippen LogP contribution in [-0.4, -0.2) is 23.2 Å². The van der Waals surface area contributed by atoms with Gasteiger partial charge in [0.05, 0.1) is 5.92 Å². The summed E-state index contributed by atoms with van der Waals surface area (Å²) in [7, 11) is 0. The van der Waals surface area contributed by atoms with Crippen LogP contribution in [0.25, 0.3) is 0 Å². The molecule has 0 unspecified atom stereocenters. The molecule has 11 heavy (non-hydrogen) atoms. The van der Waals surface area contributed by atoms with E-state index < -0.39 is 0 Å². The van der Waals surface area contributed by atoms with E-state index in [4.69, 9.17) is 5.89 Å². The number of aromatic nitrogens is 2. The molecule has 4 heteroatoms. The van der Waals surface area contributed by atoms with Gasteiger partial charge in [-0.3, -0.25) is 0 Å². The van der Waals surface area contributed by atoms with Gasteiger partial charge in [0.2, 0.25) is 5.89 Å². The smallest absolute Gasteiger partial charge is 0.231 e. The van der Waals surface area contributed by atoms with E-state index in [-0.39, 0.29) is 6.90 Å². The van der Waals surface area contributed by atoms with Gasteiger partial charge < -0.3 is 9.84 Å². The van der Waals surface area contributed by atoms with Crippen molar-refractivity contribution in [3.8, 4) is 0 Å². The van der Waals surface area contributed by atoms with Crippen LogP contribution in [0.1, 0.15) is 25.4 Å². The van der Waals surface area contributed by atoms with E-state index in [1.807, 2.05) is 0 Å². The summed E-state index contributed by atoms with van der Waals surface area (Å²) in [6.45, 7) is 2.03. The third kappa shape index (κ3) is 1.26. The zero-order valence-corrected chi connectivity index (χ0v) is 6.21. The van der Waals surface area contributed by atoms with Crippen molar-refractivity contribution in [1.82, 2.24) is 15.5 Å². The largest absolute Gasteiger partial charge is 0.339 e. The van der Waals surface area contributed by atoms with Crippen molar-refractivity contribution < 1.29 is 5.89 Å². The number of aryl methyl sites for hydroxylation is 1. The Bertz CT molecular complexity index is 257. The number of hydrogen-bond donors (Lipinski definition) is 1. The Hall–Kier alpha value is -0.900. The van der Waals surface area contributed by atoms with Crippen molar-refractivity contribution in [2.24, 2.45) is 0 Å². The van der Waals surface area contributed by atoms with Crippen LogP contribution < -0.4 is 5.32 Å². The van der Waals surface area contributed by atoms with Crippen molar-refractivity contribution in [2.75, 3.05) is 13.1 Å². The fourth-order valence-corrected chi connectivity index (χ4v) is 1.30. The summed E-state index contributed by atoms with van der Waals surface area (Å²) in [4.78, 5) is 4.11. The maximum absolute atomic E-state index is 7.03. The topological polar surface area (TPSA) is 51.0 Å². The maximum Gasteiger partial charge on any atom is 0.231 e. The van der Waals surface area contributed by atoms with E-state index in [0.717, 1.165) is 19.5 Å². The quantitative estimate of drug-likeness (QED) is 0.638. The Morgan fingerprint density at radius 1 is 1.82 bits per heavy atom. The Labute approximate surface area is 66.4 Å². The fourth-order valence-electron chi connectivity index (χ4n) is 1.30. The lowest BCUT2D eigenvalue weighted by Crippen LogP contribution is -2.08. The molecule has 4 nitrogen and oxygen atoms in total. The Balaban J connectivity index is 2.11. The van der Waals surface area contributed by atoms with E-state index in [0.29, 0.717) is 17.6 Å². The summed E-state index contributed by atoms with van der Waals surface area (Å²) >= 11 is 0. The third-order valence-electron chi connectivity index (χ3n) is 1.89. The lowest BCUT2D eigenvalue weighted by atomic mass is 10.1. The number of hydrogen-bond acceptors (Lipinski definition) is 4. The molecule has 1 N–H and O–H groups in total. The molecule has 1 atom stereocenters. The molecule has 0 amide bonds. The predicted octanol–water partition coefficient (Wildman–Crippen LogP) is 0.455. The van der Waals surface area contributed by atoms with Gasteiger partial charge in [0.1, 0.15) is 0 Å². The minimum absolute atomic E-state index is 0.101. The molecule has 1 fully saturated rings. The number of nitrogens with one attached hydrogen (secondary N) is 1. The van der Waals surface area contributed by atoms with Crippen molar-refractivity contribution in [2.45, 2.75) is 19.2 Å². The molecule has 1 saturated heterocycles. The second-order valence-electron chi connectivity index (χ2n) is 2.74. The molecule has 60 valence electrons. The lowest BCUT2D eigenvalue weighted by molar-refractivity contribution is 0.356. The summed E-state index contributed by atoms with van der Waals surface area (Å²) in [6, 6.07) is 0. The molecule has 0 aromatic carbocycles. The van der Waals surface area contributed by atoms with Crippen molar-refractivity contribution >= 4 is 0 Å². The van der Waals surface area contributed by atoms with Gasteiger partial charge in [-0.25, -0.2) is 0 Å². The first-order valence-electron chi connectivity index (χ1n) is 4.43. The molecule has 0 spiro atoms. The molecule has 0 radical (unpaired) electrons. The number of nitrogens with zero attached hydrogens (tertiary/aromatic N) is 2. The molecule has 1 aliphatic heterocycles. The SMILES string of the molecule is [2H]Cc1noc([C@@H]2CCNC2)n1. The van der Waals surface area contributed by atoms with E-state index in [9.17, 15) is 0 Å². The highest BCUT2D eigenvalue weighted by Gasteiger charge is 2.21. The highest BCUT2D eigenvalue weighted by atomic mass is 16.5. The summed E-state index contributed by atoms with van der Waals surface area (Å²) in [5.41, 5.74) is 0. The van der Waals surface area contributed by atoms with Crippen molar-refractivity contribution in [3.05, 3.63) is 11.7 Å². The van der Waals surface area contributed by atoms with Gasteiger partial charge >= 0.3 is 0 Å². The predicted molar refractivity (Wildman–Crippen MR) is 39.3 cm³/mol. The zero-order chi connectivity index (χ0) is 8.39. The second kappa shape index (κ2) is 2.62. The molecule has 0 saturated carbocycles. The normalized spacial score (nSPS) is 25.5. The molecule has 1 aromatic heterocycles. The Morgan fingerprint density at radius 3 is 3.45 bits per heavy atom. The first kappa shape index (κ1) is 5.71. The molecular formula is C7H11N3O. The average Bonchev–Trinajstić information content (AvgIpc) is 2.75. The first-order valence-corrected chi connectivity index (χ1v) is 3.72. The van der Waals surface area contributed by atoms with E-state index in [1.165, 1.54) is 0 Å². The van der Waals surface area contributed by atoms with Gasteiger partial charge in [-0.05, 0) is 19.9 Å². The van der Waals surface area contributed by atoms with Crippen LogP contribution in [0.4, 0.5) is 0 Å². The van der Waals surface area contributed by atoms with Gasteiger partial charge in [0.15, 0.2) is 5.82 Å². The van der Waals surface area contributed by atoms with Crippen molar-refractivity contribution in [1.29, 1.82) is 0 Å². The molecule has 0 bridgehead atoms. The summed E-state index contributed by atoms with van der Waals surface area (Å²) in [5.74, 6) is 1.52. The zero-order valence-electron chi connectivity index (χ0n) is 7.21. The molecule has 2 heterocycles. The summed E-state index contributed by atoms with van der Waals surface area (Å²) in [6.07, 6.45) is 1.06. The van der Waals surface area contributed by atoms with Crippen molar-refractivity contribution in [3.63, 3.8) is 0 Å². The van der Waals surface area contributed by atoms with Crippen LogP contribution in [0.15, 0.2) is 4.52 Å². The van der Waals surface area contributed by atoms with Gasteiger partial charge in [-0.2, -0.15) is 4.98 Å². The molecule has 1 aromatic rings. The summed E-state index contributed by atoms with van der Waals surface area (Å²) < 4.78 is 12.0. The highest BCUT2D eigenvalue weighted by Crippen LogP contribution is 2.19. The van der Waals surface area contributed by atoms with Gasteiger partial charge in [0.25, 0.3) is 0 Å².